The Bertz CT molecular complexity index is 676. The third-order valence-corrected chi connectivity index (χ3v) is 5.81. The molecule has 0 radical (unpaired) electrons. The van der Waals surface area contributed by atoms with Gasteiger partial charge in [0.05, 0.1) is 11.7 Å². The quantitative estimate of drug-likeness (QED) is 0.683. The van der Waals surface area contributed by atoms with Crippen molar-refractivity contribution in [1.82, 2.24) is 15.1 Å². The van der Waals surface area contributed by atoms with Crippen molar-refractivity contribution in [2.75, 3.05) is 45.9 Å². The number of ether oxygens (including phenoxy) is 1. The highest BCUT2D eigenvalue weighted by atomic mass is 16.5. The Balaban J connectivity index is 1.49. The van der Waals surface area contributed by atoms with Crippen LogP contribution in [0.5, 0.6) is 0 Å². The van der Waals surface area contributed by atoms with Crippen molar-refractivity contribution in [1.29, 1.82) is 0 Å². The highest BCUT2D eigenvalue weighted by molar-refractivity contribution is 5.95. The fraction of sp³-hybridized carbons (Fsp3) is 0.727. The molecule has 0 bridgehead atoms. The first kappa shape index (κ1) is 21.8. The van der Waals surface area contributed by atoms with E-state index in [2.05, 4.69) is 10.2 Å². The van der Waals surface area contributed by atoms with Crippen LogP contribution in [-0.4, -0.2) is 73.6 Å². The standard InChI is InChI=1S/C22H35N3O4/c1-17-15-20(18(2)29-17)22(27)25(16-19-7-6-14-28-19)12-8-21(26)23-9-13-24-10-4-3-5-11-24/h15,19H,3-14,16H2,1-2H3,(H,23,26)/t19-/m0/s1. The maximum Gasteiger partial charge on any atom is 0.257 e. The minimum absolute atomic E-state index is 0.00718. The lowest BCUT2D eigenvalue weighted by Crippen LogP contribution is -2.41. The molecule has 7 heteroatoms. The van der Waals surface area contributed by atoms with Gasteiger partial charge in [0.15, 0.2) is 0 Å². The summed E-state index contributed by atoms with van der Waals surface area (Å²) in [7, 11) is 0. The molecule has 1 atom stereocenters. The lowest BCUT2D eigenvalue weighted by Gasteiger charge is -2.27. The summed E-state index contributed by atoms with van der Waals surface area (Å²) in [6.07, 6.45) is 6.14. The number of furan rings is 1. The molecule has 7 nitrogen and oxygen atoms in total. The summed E-state index contributed by atoms with van der Waals surface area (Å²) >= 11 is 0. The number of nitrogens with zero attached hydrogens (tertiary/aromatic N) is 2. The first-order valence-corrected chi connectivity index (χ1v) is 11.0. The van der Waals surface area contributed by atoms with Gasteiger partial charge in [-0.15, -0.1) is 0 Å². The lowest BCUT2D eigenvalue weighted by atomic mass is 10.1. The highest BCUT2D eigenvalue weighted by Crippen LogP contribution is 2.19. The topological polar surface area (TPSA) is 75.0 Å². The molecule has 0 saturated carbocycles. The summed E-state index contributed by atoms with van der Waals surface area (Å²) in [4.78, 5) is 29.6. The fourth-order valence-electron chi connectivity index (χ4n) is 4.18. The van der Waals surface area contributed by atoms with Gasteiger partial charge in [0.25, 0.3) is 5.91 Å². The van der Waals surface area contributed by atoms with Crippen LogP contribution in [0, 0.1) is 13.8 Å². The molecule has 2 amide bonds. The first-order valence-electron chi connectivity index (χ1n) is 11.0. The zero-order valence-electron chi connectivity index (χ0n) is 17.9. The molecule has 0 spiro atoms. The van der Waals surface area contributed by atoms with Crippen molar-refractivity contribution in [2.45, 2.75) is 58.5 Å². The number of aryl methyl sites for hydroxylation is 2. The minimum Gasteiger partial charge on any atom is -0.466 e. The molecule has 2 fully saturated rings. The van der Waals surface area contributed by atoms with Gasteiger partial charge in [0.2, 0.25) is 5.91 Å². The van der Waals surface area contributed by atoms with Gasteiger partial charge in [-0.2, -0.15) is 0 Å². The highest BCUT2D eigenvalue weighted by Gasteiger charge is 2.26. The summed E-state index contributed by atoms with van der Waals surface area (Å²) in [5.41, 5.74) is 0.575. The smallest absolute Gasteiger partial charge is 0.257 e. The van der Waals surface area contributed by atoms with E-state index in [0.717, 1.165) is 44.8 Å². The van der Waals surface area contributed by atoms with E-state index in [1.807, 2.05) is 6.92 Å². The van der Waals surface area contributed by atoms with Gasteiger partial charge >= 0.3 is 0 Å². The summed E-state index contributed by atoms with van der Waals surface area (Å²) in [6.45, 7) is 9.11. The maximum atomic E-state index is 13.1. The molecule has 2 aliphatic rings. The molecule has 162 valence electrons. The molecule has 0 unspecified atom stereocenters. The predicted octanol–water partition coefficient (Wildman–Crippen LogP) is 2.51. The van der Waals surface area contributed by atoms with Crippen LogP contribution in [0.25, 0.3) is 0 Å². The normalized spacial score (nSPS) is 20.0. The monoisotopic (exact) mass is 405 g/mol. The van der Waals surface area contributed by atoms with Gasteiger partial charge in [-0.1, -0.05) is 6.42 Å². The molecule has 1 aromatic rings. The Kier molecular flexibility index (Phi) is 8.12. The van der Waals surface area contributed by atoms with Crippen molar-refractivity contribution in [2.24, 2.45) is 0 Å². The van der Waals surface area contributed by atoms with Gasteiger partial charge < -0.3 is 24.3 Å². The second kappa shape index (κ2) is 10.8. The molecular formula is C22H35N3O4. The van der Waals surface area contributed by atoms with Crippen LogP contribution in [0.2, 0.25) is 0 Å². The number of piperidine rings is 1. The van der Waals surface area contributed by atoms with E-state index in [1.165, 1.54) is 19.3 Å². The zero-order chi connectivity index (χ0) is 20.6. The van der Waals surface area contributed by atoms with Crippen LogP contribution in [0.1, 0.15) is 60.4 Å². The average molecular weight is 406 g/mol. The molecule has 0 aromatic carbocycles. The number of likely N-dealkylation sites (tertiary alicyclic amines) is 1. The molecule has 1 N–H and O–H groups in total. The second-order valence-electron chi connectivity index (χ2n) is 8.22. The third kappa shape index (κ3) is 6.57. The third-order valence-electron chi connectivity index (χ3n) is 5.81. The number of carbonyl (C=O) groups is 2. The Morgan fingerprint density at radius 3 is 2.66 bits per heavy atom. The van der Waals surface area contributed by atoms with Crippen molar-refractivity contribution in [3.8, 4) is 0 Å². The van der Waals surface area contributed by atoms with E-state index >= 15 is 0 Å². The molecule has 3 rings (SSSR count). The molecule has 2 saturated heterocycles. The molecule has 2 aliphatic heterocycles. The maximum absolute atomic E-state index is 13.1. The van der Waals surface area contributed by atoms with E-state index < -0.39 is 0 Å². The van der Waals surface area contributed by atoms with Crippen molar-refractivity contribution < 1.29 is 18.7 Å². The fourth-order valence-corrected chi connectivity index (χ4v) is 4.18. The lowest BCUT2D eigenvalue weighted by molar-refractivity contribution is -0.121. The van der Waals surface area contributed by atoms with Crippen LogP contribution >= 0.6 is 0 Å². The van der Waals surface area contributed by atoms with Crippen LogP contribution in [0.4, 0.5) is 0 Å². The second-order valence-corrected chi connectivity index (χ2v) is 8.22. The van der Waals surface area contributed by atoms with Crippen LogP contribution in [0.15, 0.2) is 10.5 Å². The number of carbonyl (C=O) groups excluding carboxylic acids is 2. The molecular weight excluding hydrogens is 370 g/mol. The Hall–Kier alpha value is -1.86. The van der Waals surface area contributed by atoms with Crippen LogP contribution < -0.4 is 5.32 Å². The first-order chi connectivity index (χ1) is 14.0. The Morgan fingerprint density at radius 2 is 2.00 bits per heavy atom. The molecule has 0 aliphatic carbocycles. The van der Waals surface area contributed by atoms with Crippen LogP contribution in [0.3, 0.4) is 0 Å². The molecule has 1 aromatic heterocycles. The summed E-state index contributed by atoms with van der Waals surface area (Å²) in [6, 6.07) is 1.78. The summed E-state index contributed by atoms with van der Waals surface area (Å²) in [5, 5.41) is 3.00. The van der Waals surface area contributed by atoms with E-state index in [9.17, 15) is 9.59 Å². The van der Waals surface area contributed by atoms with Gasteiger partial charge in [0.1, 0.15) is 11.5 Å². The van der Waals surface area contributed by atoms with E-state index in [1.54, 1.807) is 17.9 Å². The zero-order valence-corrected chi connectivity index (χ0v) is 17.9. The van der Waals surface area contributed by atoms with Crippen molar-refractivity contribution >= 4 is 11.8 Å². The Labute approximate surface area is 173 Å². The number of nitrogens with one attached hydrogen (secondary N) is 1. The Morgan fingerprint density at radius 1 is 1.21 bits per heavy atom. The molecule has 3 heterocycles. The SMILES string of the molecule is Cc1cc(C(=O)N(CCC(=O)NCCN2CCCCC2)C[C@@H]2CCCO2)c(C)o1. The van der Waals surface area contributed by atoms with Gasteiger partial charge in [-0.05, 0) is 58.7 Å². The van der Waals surface area contributed by atoms with Crippen molar-refractivity contribution in [3.63, 3.8) is 0 Å². The van der Waals surface area contributed by atoms with E-state index in [0.29, 0.717) is 37.4 Å². The van der Waals surface area contributed by atoms with Gasteiger partial charge in [0, 0.05) is 39.2 Å². The summed E-state index contributed by atoms with van der Waals surface area (Å²) < 4.78 is 11.2. The number of rotatable bonds is 9. The van der Waals surface area contributed by atoms with Crippen molar-refractivity contribution in [3.05, 3.63) is 23.2 Å². The van der Waals surface area contributed by atoms with Crippen LogP contribution in [-0.2, 0) is 9.53 Å². The van der Waals surface area contributed by atoms with Gasteiger partial charge in [-0.25, -0.2) is 0 Å². The van der Waals surface area contributed by atoms with E-state index in [4.69, 9.17) is 9.15 Å². The average Bonchev–Trinajstić information content (AvgIpc) is 3.34. The van der Waals surface area contributed by atoms with Gasteiger partial charge in [-0.3, -0.25) is 9.59 Å². The predicted molar refractivity (Wildman–Crippen MR) is 111 cm³/mol. The summed E-state index contributed by atoms with van der Waals surface area (Å²) in [5.74, 6) is 1.25. The van der Waals surface area contributed by atoms with E-state index in [-0.39, 0.29) is 17.9 Å². The number of hydrogen-bond acceptors (Lipinski definition) is 5. The number of hydrogen-bond donors (Lipinski definition) is 1. The minimum atomic E-state index is -0.0871. The molecule has 29 heavy (non-hydrogen) atoms. The number of amides is 2. The largest absolute Gasteiger partial charge is 0.466 e.